The zero-order valence-electron chi connectivity index (χ0n) is 6.54. The second kappa shape index (κ2) is 4.55. The van der Waals surface area contributed by atoms with Gasteiger partial charge in [0, 0.05) is 0 Å². The normalized spacial score (nSPS) is 11.7. The Kier molecular flexibility index (Phi) is 4.03. The minimum absolute atomic E-state index is 0.167. The van der Waals surface area contributed by atoms with E-state index in [1.807, 2.05) is 0 Å². The summed E-state index contributed by atoms with van der Waals surface area (Å²) in [5.74, 6) is -1.32. The molecule has 0 saturated carbocycles. The minimum atomic E-state index is -0.631. The van der Waals surface area contributed by atoms with Gasteiger partial charge in [0.15, 0.2) is 0 Å². The summed E-state index contributed by atoms with van der Waals surface area (Å²) < 4.78 is 4.46. The van der Waals surface area contributed by atoms with Gasteiger partial charge in [0.05, 0.1) is 12.0 Å². The van der Waals surface area contributed by atoms with Crippen LogP contribution in [0, 0.1) is 5.92 Å². The van der Waals surface area contributed by atoms with Crippen LogP contribution in [-0.4, -0.2) is 11.1 Å². The van der Waals surface area contributed by atoms with Crippen LogP contribution in [0.3, 0.4) is 0 Å². The molecular formula is C8H12O3. The molecule has 0 aliphatic heterocycles. The molecule has 0 fully saturated rings. The van der Waals surface area contributed by atoms with Gasteiger partial charge in [0.2, 0.25) is 0 Å². The Labute approximate surface area is 66.0 Å². The molecule has 0 bridgehead atoms. The van der Waals surface area contributed by atoms with Crippen LogP contribution in [0.2, 0.25) is 0 Å². The number of rotatable bonds is 4. The summed E-state index contributed by atoms with van der Waals surface area (Å²) in [4.78, 5) is 10.9. The summed E-state index contributed by atoms with van der Waals surface area (Å²) in [5, 5.41) is 8.88. The topological polar surface area (TPSA) is 46.5 Å². The Morgan fingerprint density at radius 1 is 1.82 bits per heavy atom. The highest BCUT2D eigenvalue weighted by Gasteiger charge is 2.19. The first-order valence-corrected chi connectivity index (χ1v) is 3.32. The van der Waals surface area contributed by atoms with Crippen molar-refractivity contribution in [3.8, 4) is 0 Å². The van der Waals surface area contributed by atoms with Crippen molar-refractivity contribution in [2.24, 2.45) is 5.92 Å². The lowest BCUT2D eigenvalue weighted by Crippen LogP contribution is -2.16. The summed E-state index contributed by atoms with van der Waals surface area (Å²) in [7, 11) is 0. The van der Waals surface area contributed by atoms with Crippen molar-refractivity contribution in [2.75, 3.05) is 0 Å². The Hall–Kier alpha value is -1.25. The molecule has 0 aromatic carbocycles. The maximum Gasteiger partial charge on any atom is 0.321 e. The van der Waals surface area contributed by atoms with E-state index in [1.165, 1.54) is 0 Å². The van der Waals surface area contributed by atoms with Gasteiger partial charge in [-0.05, 0) is 6.42 Å². The number of aliphatic hydroxyl groups is 1. The lowest BCUT2D eigenvalue weighted by Gasteiger charge is -2.09. The van der Waals surface area contributed by atoms with Crippen LogP contribution in [0.5, 0.6) is 0 Å². The first kappa shape index (κ1) is 9.75. The molecule has 0 rings (SSSR count). The van der Waals surface area contributed by atoms with E-state index in [0.717, 1.165) is 6.26 Å². The molecule has 0 radical (unpaired) electrons. The van der Waals surface area contributed by atoms with Gasteiger partial charge in [-0.2, -0.15) is 0 Å². The lowest BCUT2D eigenvalue weighted by molar-refractivity contribution is -0.142. The third kappa shape index (κ3) is 2.89. The van der Waals surface area contributed by atoms with Crippen LogP contribution < -0.4 is 0 Å². The smallest absolute Gasteiger partial charge is 0.321 e. The van der Waals surface area contributed by atoms with Gasteiger partial charge in [-0.25, -0.2) is 0 Å². The predicted octanol–water partition coefficient (Wildman–Crippen LogP) is 1.77. The largest absolute Gasteiger partial charge is 0.512 e. The summed E-state index contributed by atoms with van der Waals surface area (Å²) >= 11 is 0. The molecule has 11 heavy (non-hydrogen) atoms. The molecule has 3 nitrogen and oxygen atoms in total. The molecule has 3 heteroatoms. The number of hydrogen-bond donors (Lipinski definition) is 1. The van der Waals surface area contributed by atoms with E-state index in [0.29, 0.717) is 6.42 Å². The average Bonchev–Trinajstić information content (AvgIpc) is 1.88. The van der Waals surface area contributed by atoms with Gasteiger partial charge in [-0.1, -0.05) is 20.1 Å². The van der Waals surface area contributed by atoms with Gasteiger partial charge in [0.1, 0.15) is 5.92 Å². The number of ether oxygens (including phenoxy) is 1. The van der Waals surface area contributed by atoms with Crippen LogP contribution >= 0.6 is 0 Å². The van der Waals surface area contributed by atoms with Gasteiger partial charge >= 0.3 is 5.97 Å². The Morgan fingerprint density at radius 2 is 2.36 bits per heavy atom. The number of aliphatic hydroxyl groups excluding tert-OH is 1. The summed E-state index contributed by atoms with van der Waals surface area (Å²) in [6.45, 7) is 8.23. The highest BCUT2D eigenvalue weighted by atomic mass is 16.5. The van der Waals surface area contributed by atoms with Crippen molar-refractivity contribution in [1.82, 2.24) is 0 Å². The van der Waals surface area contributed by atoms with Crippen molar-refractivity contribution in [1.29, 1.82) is 0 Å². The van der Waals surface area contributed by atoms with Gasteiger partial charge in [0.25, 0.3) is 0 Å². The van der Waals surface area contributed by atoms with Crippen molar-refractivity contribution < 1.29 is 14.6 Å². The number of carbonyl (C=O) groups is 1. The molecular weight excluding hydrogens is 144 g/mol. The molecule has 0 heterocycles. The standard InChI is InChI=1S/C8H12O3/c1-4-7(6(3)9)8(10)11-5-2/h5,7,9H,2-4H2,1H3. The van der Waals surface area contributed by atoms with E-state index in [-0.39, 0.29) is 5.76 Å². The molecule has 0 spiro atoms. The maximum atomic E-state index is 10.9. The highest BCUT2D eigenvalue weighted by molar-refractivity contribution is 5.75. The molecule has 0 amide bonds. The molecule has 0 aliphatic carbocycles. The minimum Gasteiger partial charge on any atom is -0.512 e. The first-order chi connectivity index (χ1) is 5.13. The van der Waals surface area contributed by atoms with Crippen LogP contribution in [0.4, 0.5) is 0 Å². The van der Waals surface area contributed by atoms with E-state index < -0.39 is 11.9 Å². The molecule has 0 saturated heterocycles. The third-order valence-corrected chi connectivity index (χ3v) is 1.29. The number of carbonyl (C=O) groups excluding carboxylic acids is 1. The van der Waals surface area contributed by atoms with E-state index >= 15 is 0 Å². The lowest BCUT2D eigenvalue weighted by atomic mass is 10.1. The Balaban J connectivity index is 4.13. The zero-order chi connectivity index (χ0) is 8.85. The van der Waals surface area contributed by atoms with E-state index in [9.17, 15) is 4.79 Å². The third-order valence-electron chi connectivity index (χ3n) is 1.29. The number of esters is 1. The van der Waals surface area contributed by atoms with E-state index in [2.05, 4.69) is 17.9 Å². The fourth-order valence-electron chi connectivity index (χ4n) is 0.703. The number of hydrogen-bond acceptors (Lipinski definition) is 3. The summed E-state index contributed by atoms with van der Waals surface area (Å²) in [6, 6.07) is 0. The van der Waals surface area contributed by atoms with E-state index in [1.54, 1.807) is 6.92 Å². The van der Waals surface area contributed by atoms with Crippen LogP contribution in [-0.2, 0) is 9.53 Å². The van der Waals surface area contributed by atoms with Gasteiger partial charge < -0.3 is 9.84 Å². The Morgan fingerprint density at radius 3 is 2.64 bits per heavy atom. The average molecular weight is 156 g/mol. The molecule has 1 unspecified atom stereocenters. The molecule has 0 aromatic heterocycles. The molecule has 62 valence electrons. The van der Waals surface area contributed by atoms with Crippen LogP contribution in [0.25, 0.3) is 0 Å². The second-order valence-corrected chi connectivity index (χ2v) is 2.06. The fourth-order valence-corrected chi connectivity index (χ4v) is 0.703. The maximum absolute atomic E-state index is 10.9. The Bertz CT molecular complexity index is 172. The van der Waals surface area contributed by atoms with Crippen LogP contribution in [0.1, 0.15) is 13.3 Å². The van der Waals surface area contributed by atoms with Crippen LogP contribution in [0.15, 0.2) is 25.2 Å². The molecule has 1 atom stereocenters. The van der Waals surface area contributed by atoms with Crippen molar-refractivity contribution >= 4 is 5.97 Å². The van der Waals surface area contributed by atoms with Gasteiger partial charge in [-0.15, -0.1) is 0 Å². The summed E-state index contributed by atoms with van der Waals surface area (Å²) in [5.41, 5.74) is 0. The molecule has 0 aromatic rings. The monoisotopic (exact) mass is 156 g/mol. The SMILES string of the molecule is C=COC(=O)C(CC)C(=C)O. The van der Waals surface area contributed by atoms with Gasteiger partial charge in [-0.3, -0.25) is 4.79 Å². The highest BCUT2D eigenvalue weighted by Crippen LogP contribution is 2.12. The van der Waals surface area contributed by atoms with Crippen molar-refractivity contribution in [2.45, 2.75) is 13.3 Å². The molecule has 0 aliphatic rings. The van der Waals surface area contributed by atoms with E-state index in [4.69, 9.17) is 5.11 Å². The predicted molar refractivity (Wildman–Crippen MR) is 41.8 cm³/mol. The first-order valence-electron chi connectivity index (χ1n) is 3.32. The second-order valence-electron chi connectivity index (χ2n) is 2.06. The zero-order valence-corrected chi connectivity index (χ0v) is 6.54. The van der Waals surface area contributed by atoms with Crippen molar-refractivity contribution in [3.63, 3.8) is 0 Å². The van der Waals surface area contributed by atoms with Crippen molar-refractivity contribution in [3.05, 3.63) is 25.2 Å². The fraction of sp³-hybridized carbons (Fsp3) is 0.375. The molecule has 1 N–H and O–H groups in total. The quantitative estimate of drug-likeness (QED) is 0.498. The summed E-state index contributed by atoms with van der Waals surface area (Å²) in [6.07, 6.45) is 1.51.